The smallest absolute Gasteiger partial charge is 0.347 e. The Morgan fingerprint density at radius 2 is 1.96 bits per heavy atom. The maximum Gasteiger partial charge on any atom is 0.417 e. The van der Waals surface area contributed by atoms with Crippen LogP contribution in [0.4, 0.5) is 30.5 Å². The van der Waals surface area contributed by atoms with Crippen LogP contribution in [0.2, 0.25) is 0 Å². The van der Waals surface area contributed by atoms with Crippen LogP contribution in [0.25, 0.3) is 0 Å². The normalized spacial score (nSPS) is 19.6. The summed E-state index contributed by atoms with van der Waals surface area (Å²) in [5, 5.41) is 0. The molecule has 2 aromatic heterocycles. The van der Waals surface area contributed by atoms with Gasteiger partial charge in [-0.15, -0.1) is 0 Å². The zero-order valence-electron chi connectivity index (χ0n) is 14.6. The molecular weight excluding hydrogens is 359 g/mol. The molecule has 0 aliphatic carbocycles. The summed E-state index contributed by atoms with van der Waals surface area (Å²) in [5.74, 6) is 1.20. The van der Waals surface area contributed by atoms with Gasteiger partial charge < -0.3 is 14.7 Å². The number of rotatable bonds is 1. The fourth-order valence-corrected chi connectivity index (χ4v) is 3.64. The van der Waals surface area contributed by atoms with Crippen LogP contribution in [0.3, 0.4) is 0 Å². The molecule has 1 fully saturated rings. The molecule has 0 N–H and O–H groups in total. The van der Waals surface area contributed by atoms with Crippen molar-refractivity contribution in [2.75, 3.05) is 36.0 Å². The summed E-state index contributed by atoms with van der Waals surface area (Å²) in [6.45, 7) is 3.89. The standard InChI is InChI=1S/C18H18F3N5O/c1-12(27)24-7-8-25-14(10-24)11-26(15-3-2-6-22-17(15)25)16-5-4-13(9-23-16)18(19,20)21/h2-6,9,14H,7-8,10-11H2,1H3/t14-/m0/s1. The van der Waals surface area contributed by atoms with Crippen molar-refractivity contribution in [3.05, 3.63) is 42.2 Å². The minimum atomic E-state index is -4.42. The van der Waals surface area contributed by atoms with Crippen LogP contribution in [-0.2, 0) is 11.0 Å². The monoisotopic (exact) mass is 377 g/mol. The van der Waals surface area contributed by atoms with Crippen molar-refractivity contribution in [3.8, 4) is 0 Å². The molecule has 142 valence electrons. The molecule has 0 spiro atoms. The Balaban J connectivity index is 1.69. The number of alkyl halides is 3. The molecule has 0 saturated carbocycles. The van der Waals surface area contributed by atoms with E-state index in [0.29, 0.717) is 32.0 Å². The maximum absolute atomic E-state index is 12.8. The van der Waals surface area contributed by atoms with Crippen molar-refractivity contribution in [1.82, 2.24) is 14.9 Å². The van der Waals surface area contributed by atoms with Gasteiger partial charge in [-0.05, 0) is 24.3 Å². The maximum atomic E-state index is 12.8. The summed E-state index contributed by atoms with van der Waals surface area (Å²) in [7, 11) is 0. The van der Waals surface area contributed by atoms with Crippen molar-refractivity contribution in [1.29, 1.82) is 0 Å². The van der Waals surface area contributed by atoms with E-state index in [1.165, 1.54) is 6.07 Å². The first-order valence-corrected chi connectivity index (χ1v) is 8.62. The molecule has 2 aliphatic heterocycles. The Bertz CT molecular complexity index is 855. The molecule has 2 aromatic rings. The highest BCUT2D eigenvalue weighted by atomic mass is 19.4. The SMILES string of the molecule is CC(=O)N1CCN2c3ncccc3N(c3ccc(C(F)(F)F)cn3)C[C@@H]2C1. The Labute approximate surface area is 154 Å². The fourth-order valence-electron chi connectivity index (χ4n) is 3.64. The van der Waals surface area contributed by atoms with Gasteiger partial charge in [0, 0.05) is 45.5 Å². The van der Waals surface area contributed by atoms with E-state index in [0.717, 1.165) is 23.8 Å². The summed E-state index contributed by atoms with van der Waals surface area (Å²) in [5.41, 5.74) is 0.0222. The highest BCUT2D eigenvalue weighted by molar-refractivity contribution is 5.78. The van der Waals surface area contributed by atoms with Gasteiger partial charge in [0.05, 0.1) is 17.3 Å². The van der Waals surface area contributed by atoms with Gasteiger partial charge in [-0.1, -0.05) is 0 Å². The molecule has 1 amide bonds. The van der Waals surface area contributed by atoms with Crippen molar-refractivity contribution >= 4 is 23.2 Å². The minimum absolute atomic E-state index is 0.00542. The highest BCUT2D eigenvalue weighted by Gasteiger charge is 2.37. The number of fused-ring (bicyclic) bond motifs is 3. The Hall–Kier alpha value is -2.84. The average molecular weight is 377 g/mol. The molecule has 0 bridgehead atoms. The molecule has 27 heavy (non-hydrogen) atoms. The highest BCUT2D eigenvalue weighted by Crippen LogP contribution is 2.39. The van der Waals surface area contributed by atoms with Crippen LogP contribution >= 0.6 is 0 Å². The van der Waals surface area contributed by atoms with Crippen LogP contribution in [0.1, 0.15) is 12.5 Å². The quantitative estimate of drug-likeness (QED) is 0.765. The van der Waals surface area contributed by atoms with E-state index < -0.39 is 11.7 Å². The Morgan fingerprint density at radius 1 is 1.15 bits per heavy atom. The van der Waals surface area contributed by atoms with Gasteiger partial charge in [0.25, 0.3) is 0 Å². The molecular formula is C18H18F3N5O. The molecule has 0 aromatic carbocycles. The number of amides is 1. The Morgan fingerprint density at radius 3 is 2.63 bits per heavy atom. The number of hydrogen-bond acceptors (Lipinski definition) is 5. The van der Waals surface area contributed by atoms with Crippen LogP contribution in [-0.4, -0.2) is 53.0 Å². The number of carbonyl (C=O) groups is 1. The number of hydrogen-bond donors (Lipinski definition) is 0. The lowest BCUT2D eigenvalue weighted by atomic mass is 10.1. The third kappa shape index (κ3) is 3.17. The lowest BCUT2D eigenvalue weighted by Gasteiger charge is -2.48. The largest absolute Gasteiger partial charge is 0.417 e. The van der Waals surface area contributed by atoms with E-state index in [4.69, 9.17) is 0 Å². The van der Waals surface area contributed by atoms with E-state index in [9.17, 15) is 18.0 Å². The minimum Gasteiger partial charge on any atom is -0.347 e. The first-order chi connectivity index (χ1) is 12.8. The van der Waals surface area contributed by atoms with Crippen molar-refractivity contribution < 1.29 is 18.0 Å². The number of halogens is 3. The molecule has 1 atom stereocenters. The van der Waals surface area contributed by atoms with E-state index in [-0.39, 0.29) is 11.9 Å². The summed E-state index contributed by atoms with van der Waals surface area (Å²) < 4.78 is 38.5. The van der Waals surface area contributed by atoms with Gasteiger partial charge in [0.2, 0.25) is 5.91 Å². The molecule has 4 heterocycles. The first kappa shape index (κ1) is 17.6. The fraction of sp³-hybridized carbons (Fsp3) is 0.389. The summed E-state index contributed by atoms with van der Waals surface area (Å²) in [6.07, 6.45) is -1.88. The molecule has 9 heteroatoms. The van der Waals surface area contributed by atoms with Crippen molar-refractivity contribution in [2.45, 2.75) is 19.1 Å². The van der Waals surface area contributed by atoms with Crippen molar-refractivity contribution in [2.24, 2.45) is 0 Å². The third-order valence-corrected chi connectivity index (χ3v) is 5.00. The van der Waals surface area contributed by atoms with Gasteiger partial charge in [-0.3, -0.25) is 4.79 Å². The average Bonchev–Trinajstić information content (AvgIpc) is 2.66. The molecule has 2 aliphatic rings. The van der Waals surface area contributed by atoms with Gasteiger partial charge in [-0.2, -0.15) is 13.2 Å². The zero-order valence-corrected chi connectivity index (χ0v) is 14.6. The van der Waals surface area contributed by atoms with Gasteiger partial charge in [-0.25, -0.2) is 9.97 Å². The molecule has 1 saturated heterocycles. The van der Waals surface area contributed by atoms with Crippen molar-refractivity contribution in [3.63, 3.8) is 0 Å². The predicted molar refractivity (Wildman–Crippen MR) is 93.9 cm³/mol. The summed E-state index contributed by atoms with van der Waals surface area (Å²) >= 11 is 0. The van der Waals surface area contributed by atoms with E-state index in [1.807, 2.05) is 11.0 Å². The topological polar surface area (TPSA) is 52.6 Å². The van der Waals surface area contributed by atoms with Crippen LogP contribution in [0.5, 0.6) is 0 Å². The van der Waals surface area contributed by atoms with Gasteiger partial charge in [0.1, 0.15) is 5.82 Å². The van der Waals surface area contributed by atoms with Crippen LogP contribution in [0.15, 0.2) is 36.7 Å². The number of pyridine rings is 2. The van der Waals surface area contributed by atoms with Crippen LogP contribution in [0, 0.1) is 0 Å². The molecule has 0 unspecified atom stereocenters. The molecule has 4 rings (SSSR count). The van der Waals surface area contributed by atoms with Gasteiger partial charge >= 0.3 is 6.18 Å². The summed E-state index contributed by atoms with van der Waals surface area (Å²) in [4.78, 5) is 26.1. The number of nitrogens with zero attached hydrogens (tertiary/aromatic N) is 5. The van der Waals surface area contributed by atoms with Gasteiger partial charge in [0.15, 0.2) is 5.82 Å². The van der Waals surface area contributed by atoms with Crippen LogP contribution < -0.4 is 9.80 Å². The van der Waals surface area contributed by atoms with E-state index in [1.54, 1.807) is 24.1 Å². The lowest BCUT2D eigenvalue weighted by Crippen LogP contribution is -2.60. The second-order valence-corrected chi connectivity index (χ2v) is 6.67. The molecule has 0 radical (unpaired) electrons. The Kier molecular flexibility index (Phi) is 4.16. The van der Waals surface area contributed by atoms with E-state index in [2.05, 4.69) is 14.9 Å². The third-order valence-electron chi connectivity index (χ3n) is 5.00. The number of aromatic nitrogens is 2. The lowest BCUT2D eigenvalue weighted by molar-refractivity contribution is -0.137. The second-order valence-electron chi connectivity index (χ2n) is 6.67. The number of piperazine rings is 1. The number of anilines is 3. The predicted octanol–water partition coefficient (Wildman–Crippen LogP) is 2.68. The first-order valence-electron chi connectivity index (χ1n) is 8.62. The second kappa shape index (κ2) is 6.40. The number of carbonyl (C=O) groups excluding carboxylic acids is 1. The van der Waals surface area contributed by atoms with E-state index >= 15 is 0 Å². The summed E-state index contributed by atoms with van der Waals surface area (Å²) in [6, 6.07) is 6.08. The molecule has 6 nitrogen and oxygen atoms in total. The zero-order chi connectivity index (χ0) is 19.2.